The van der Waals surface area contributed by atoms with Crippen LogP contribution >= 0.6 is 35.7 Å². The molecule has 0 saturated carbocycles. The molecule has 3 rings (SSSR count). The van der Waals surface area contributed by atoms with Gasteiger partial charge in [0.25, 0.3) is 11.5 Å². The Labute approximate surface area is 197 Å². The topological polar surface area (TPSA) is 69.3 Å². The molecule has 0 spiro atoms. The molecule has 1 aromatic heterocycles. The lowest BCUT2D eigenvalue weighted by Gasteiger charge is -2.32. The number of thioether (sulfide) groups is 2. The van der Waals surface area contributed by atoms with Crippen molar-refractivity contribution >= 4 is 57.9 Å². The van der Waals surface area contributed by atoms with Gasteiger partial charge in [-0.2, -0.15) is 17.0 Å². The van der Waals surface area contributed by atoms with Crippen LogP contribution in [0.2, 0.25) is 0 Å². The SMILES string of the molecule is CCCCCCN1C(=O)C(=Cc2c(C)c(C#N)c(=O)n(C)c2N2CCSCC2)SC1=S. The first-order valence-electron chi connectivity index (χ1n) is 10.6. The van der Waals surface area contributed by atoms with Gasteiger partial charge in [0.15, 0.2) is 0 Å². The Balaban J connectivity index is 2.02. The Kier molecular flexibility index (Phi) is 8.25. The third kappa shape index (κ3) is 5.02. The van der Waals surface area contributed by atoms with Crippen molar-refractivity contribution in [3.63, 3.8) is 0 Å². The number of thiocarbonyl (C=S) groups is 1. The molecule has 0 radical (unpaired) electrons. The monoisotopic (exact) mass is 476 g/mol. The summed E-state index contributed by atoms with van der Waals surface area (Å²) in [5, 5.41) is 9.59. The molecule has 0 aromatic carbocycles. The molecule has 166 valence electrons. The zero-order valence-electron chi connectivity index (χ0n) is 18.3. The summed E-state index contributed by atoms with van der Waals surface area (Å²) in [7, 11) is 1.70. The van der Waals surface area contributed by atoms with E-state index in [-0.39, 0.29) is 17.0 Å². The van der Waals surface area contributed by atoms with E-state index in [9.17, 15) is 14.9 Å². The lowest BCUT2D eigenvalue weighted by atomic mass is 10.0. The first-order chi connectivity index (χ1) is 14.9. The Bertz CT molecular complexity index is 1000. The number of pyridine rings is 1. The van der Waals surface area contributed by atoms with E-state index < -0.39 is 0 Å². The highest BCUT2D eigenvalue weighted by molar-refractivity contribution is 8.26. The van der Waals surface area contributed by atoms with Gasteiger partial charge in [-0.15, -0.1) is 0 Å². The van der Waals surface area contributed by atoms with E-state index in [2.05, 4.69) is 17.9 Å². The van der Waals surface area contributed by atoms with E-state index in [4.69, 9.17) is 12.2 Å². The first kappa shape index (κ1) is 23.9. The third-order valence-electron chi connectivity index (χ3n) is 5.66. The van der Waals surface area contributed by atoms with E-state index in [1.54, 1.807) is 23.4 Å². The Morgan fingerprint density at radius 3 is 2.55 bits per heavy atom. The highest BCUT2D eigenvalue weighted by atomic mass is 32.2. The van der Waals surface area contributed by atoms with Crippen LogP contribution in [-0.4, -0.2) is 50.8 Å². The number of hydrogen-bond acceptors (Lipinski definition) is 7. The summed E-state index contributed by atoms with van der Waals surface area (Å²) in [4.78, 5) is 30.3. The molecule has 2 aliphatic rings. The van der Waals surface area contributed by atoms with Gasteiger partial charge in [0.2, 0.25) is 0 Å². The molecule has 0 atom stereocenters. The van der Waals surface area contributed by atoms with Crippen molar-refractivity contribution in [2.45, 2.75) is 39.5 Å². The van der Waals surface area contributed by atoms with E-state index in [1.807, 2.05) is 17.8 Å². The predicted octanol–water partition coefficient (Wildman–Crippen LogP) is 3.90. The van der Waals surface area contributed by atoms with E-state index >= 15 is 0 Å². The fraction of sp³-hybridized carbons (Fsp3) is 0.545. The summed E-state index contributed by atoms with van der Waals surface area (Å²) in [5.74, 6) is 2.65. The van der Waals surface area contributed by atoms with Crippen LogP contribution in [0.3, 0.4) is 0 Å². The molecule has 9 heteroatoms. The van der Waals surface area contributed by atoms with Gasteiger partial charge in [-0.25, -0.2) is 0 Å². The van der Waals surface area contributed by atoms with Gasteiger partial charge < -0.3 is 4.90 Å². The summed E-state index contributed by atoms with van der Waals surface area (Å²) in [6.45, 7) is 6.23. The smallest absolute Gasteiger partial charge is 0.270 e. The van der Waals surface area contributed by atoms with Gasteiger partial charge in [-0.3, -0.25) is 19.1 Å². The third-order valence-corrected chi connectivity index (χ3v) is 7.98. The molecule has 2 aliphatic heterocycles. The molecule has 0 aliphatic carbocycles. The van der Waals surface area contributed by atoms with Crippen LogP contribution in [0.5, 0.6) is 0 Å². The highest BCUT2D eigenvalue weighted by Gasteiger charge is 2.32. The minimum atomic E-state index is -0.297. The standard InChI is InChI=1S/C22H28N4O2S3/c1-4-5-6-7-8-26-21(28)18(31-22(26)29)13-16-15(2)17(14-23)20(27)24(3)19(16)25-9-11-30-12-10-25/h13H,4-12H2,1-3H3. The number of aromatic nitrogens is 1. The van der Waals surface area contributed by atoms with Gasteiger partial charge in [0, 0.05) is 43.8 Å². The van der Waals surface area contributed by atoms with Crippen LogP contribution in [0.1, 0.15) is 49.3 Å². The van der Waals surface area contributed by atoms with Crippen LogP contribution in [0.25, 0.3) is 6.08 Å². The van der Waals surface area contributed by atoms with Crippen LogP contribution < -0.4 is 10.5 Å². The molecule has 0 bridgehead atoms. The second-order valence-corrected chi connectivity index (χ2v) is 10.6. The first-order valence-corrected chi connectivity index (χ1v) is 13.0. The molecule has 2 saturated heterocycles. The summed E-state index contributed by atoms with van der Waals surface area (Å²) in [6.07, 6.45) is 6.13. The molecule has 1 amide bonds. The van der Waals surface area contributed by atoms with E-state index in [0.717, 1.165) is 61.7 Å². The predicted molar refractivity (Wildman–Crippen MR) is 135 cm³/mol. The van der Waals surface area contributed by atoms with E-state index in [1.165, 1.54) is 11.8 Å². The second kappa shape index (κ2) is 10.7. The highest BCUT2D eigenvalue weighted by Crippen LogP contribution is 2.36. The van der Waals surface area contributed by atoms with Gasteiger partial charge in [-0.05, 0) is 25.0 Å². The Morgan fingerprint density at radius 2 is 1.90 bits per heavy atom. The van der Waals surface area contributed by atoms with Crippen LogP contribution in [0.15, 0.2) is 9.70 Å². The second-order valence-electron chi connectivity index (χ2n) is 7.71. The molecule has 0 N–H and O–H groups in total. The van der Waals surface area contributed by atoms with Crippen molar-refractivity contribution in [1.29, 1.82) is 5.26 Å². The molecular formula is C22H28N4O2S3. The largest absolute Gasteiger partial charge is 0.356 e. The number of unbranched alkanes of at least 4 members (excludes halogenated alkanes) is 3. The molecular weight excluding hydrogens is 448 g/mol. The van der Waals surface area contributed by atoms with E-state index in [0.29, 0.717) is 21.3 Å². The molecule has 3 heterocycles. The average Bonchev–Trinajstić information content (AvgIpc) is 3.03. The Hall–Kier alpha value is -1.76. The quantitative estimate of drug-likeness (QED) is 0.336. The maximum Gasteiger partial charge on any atom is 0.270 e. The van der Waals surface area contributed by atoms with Crippen molar-refractivity contribution < 1.29 is 4.79 Å². The lowest BCUT2D eigenvalue weighted by Crippen LogP contribution is -2.38. The van der Waals surface area contributed by atoms with Crippen molar-refractivity contribution in [3.8, 4) is 6.07 Å². The van der Waals surface area contributed by atoms with Crippen molar-refractivity contribution in [1.82, 2.24) is 9.47 Å². The number of hydrogen-bond donors (Lipinski definition) is 0. The molecule has 1 aromatic rings. The number of amides is 1. The van der Waals surface area contributed by atoms with Crippen molar-refractivity contribution in [3.05, 3.63) is 31.9 Å². The fourth-order valence-corrected chi connectivity index (χ4v) is 6.08. The van der Waals surface area contributed by atoms with Crippen LogP contribution in [0.4, 0.5) is 5.82 Å². The average molecular weight is 477 g/mol. The zero-order chi connectivity index (χ0) is 22.5. The number of nitriles is 1. The van der Waals surface area contributed by atoms with Crippen LogP contribution in [0, 0.1) is 18.3 Å². The number of rotatable bonds is 7. The van der Waals surface area contributed by atoms with Gasteiger partial charge in [-0.1, -0.05) is 50.2 Å². The normalized spacial score (nSPS) is 18.2. The minimum Gasteiger partial charge on any atom is -0.356 e. The summed E-state index contributed by atoms with van der Waals surface area (Å²) in [5.41, 5.74) is 1.21. The van der Waals surface area contributed by atoms with Crippen LogP contribution in [-0.2, 0) is 11.8 Å². The molecule has 31 heavy (non-hydrogen) atoms. The zero-order valence-corrected chi connectivity index (χ0v) is 20.7. The fourth-order valence-electron chi connectivity index (χ4n) is 3.89. The summed E-state index contributed by atoms with van der Waals surface area (Å²) in [6, 6.07) is 2.06. The molecule has 0 unspecified atom stereocenters. The lowest BCUT2D eigenvalue weighted by molar-refractivity contribution is -0.122. The summed E-state index contributed by atoms with van der Waals surface area (Å²) >= 11 is 8.67. The maximum absolute atomic E-state index is 13.1. The van der Waals surface area contributed by atoms with Crippen molar-refractivity contribution in [2.75, 3.05) is 36.0 Å². The number of anilines is 1. The number of carbonyl (C=O) groups excluding carboxylic acids is 1. The Morgan fingerprint density at radius 1 is 1.19 bits per heavy atom. The molecule has 2 fully saturated rings. The minimum absolute atomic E-state index is 0.0848. The van der Waals surface area contributed by atoms with Gasteiger partial charge in [0.1, 0.15) is 21.8 Å². The van der Waals surface area contributed by atoms with Gasteiger partial charge in [0.05, 0.1) is 4.91 Å². The molecule has 6 nitrogen and oxygen atoms in total. The number of carbonyl (C=O) groups is 1. The maximum atomic E-state index is 13.1. The summed E-state index contributed by atoms with van der Waals surface area (Å²) < 4.78 is 2.13. The van der Waals surface area contributed by atoms with Gasteiger partial charge >= 0.3 is 0 Å². The number of nitrogens with zero attached hydrogens (tertiary/aromatic N) is 4. The van der Waals surface area contributed by atoms with Crippen molar-refractivity contribution in [2.24, 2.45) is 7.05 Å².